The summed E-state index contributed by atoms with van der Waals surface area (Å²) < 4.78 is 0. The molecule has 0 amide bonds. The summed E-state index contributed by atoms with van der Waals surface area (Å²) in [6, 6.07) is 0. The lowest BCUT2D eigenvalue weighted by Crippen LogP contribution is -2.42. The van der Waals surface area contributed by atoms with Gasteiger partial charge in [-0.2, -0.15) is 0 Å². The van der Waals surface area contributed by atoms with Gasteiger partial charge in [0.2, 0.25) is 0 Å². The number of carboxylic acids is 7. The molecule has 0 aromatic rings. The molecule has 0 bridgehead atoms. The van der Waals surface area contributed by atoms with Gasteiger partial charge in [-0.05, 0) is 0 Å². The van der Waals surface area contributed by atoms with E-state index in [0.717, 1.165) is 27.7 Å². The van der Waals surface area contributed by atoms with E-state index in [1.807, 2.05) is 0 Å². The van der Waals surface area contributed by atoms with Crippen molar-refractivity contribution in [1.29, 1.82) is 0 Å². The van der Waals surface area contributed by atoms with Crippen molar-refractivity contribution in [2.45, 2.75) is 46.1 Å². The van der Waals surface area contributed by atoms with Crippen molar-refractivity contribution in [3.05, 3.63) is 0 Å². The minimum atomic E-state index is -2.74. The molecule has 0 fully saturated rings. The van der Waals surface area contributed by atoms with Gasteiger partial charge in [-0.15, -0.1) is 0 Å². The van der Waals surface area contributed by atoms with Gasteiger partial charge in [0, 0.05) is 27.7 Å². The normalized spacial score (nSPS) is 8.31. The number of hydrogen-bond donors (Lipinski definition) is 8. The minimum Gasteiger partial charge on any atom is -0.481 e. The van der Waals surface area contributed by atoms with E-state index in [2.05, 4.69) is 0 Å². The first-order chi connectivity index (χ1) is 12.7. The molecule has 0 radical (unpaired) electrons. The van der Waals surface area contributed by atoms with Crippen LogP contribution in [0.5, 0.6) is 0 Å². The van der Waals surface area contributed by atoms with Crippen LogP contribution in [-0.2, 0) is 33.6 Å². The lowest BCUT2D eigenvalue weighted by atomic mass is 9.96. The molecule has 29 heavy (non-hydrogen) atoms. The highest BCUT2D eigenvalue weighted by molar-refractivity contribution is 5.88. The lowest BCUT2D eigenvalue weighted by Gasteiger charge is -2.18. The Kier molecular flexibility index (Phi) is 25.7. The SMILES string of the molecule is CC(=O)O.CC(=O)O.CC(=O)O.CC(=O)O.O=C(O)CC(O)(CC(=O)O)C(=O)O. The second-order valence-corrected chi connectivity index (χ2v) is 4.55. The molecule has 0 spiro atoms. The van der Waals surface area contributed by atoms with Crippen molar-refractivity contribution in [1.82, 2.24) is 0 Å². The molecule has 0 aliphatic rings. The van der Waals surface area contributed by atoms with Crippen LogP contribution in [0.3, 0.4) is 0 Å². The van der Waals surface area contributed by atoms with E-state index in [4.69, 9.17) is 60.0 Å². The molecule has 0 unspecified atom stereocenters. The Balaban J connectivity index is -0.0000000984. The van der Waals surface area contributed by atoms with Crippen LogP contribution in [0.25, 0.3) is 0 Å². The summed E-state index contributed by atoms with van der Waals surface area (Å²) in [6.07, 6.45) is -2.29. The number of aliphatic carboxylic acids is 7. The zero-order valence-electron chi connectivity index (χ0n) is 15.8. The molecule has 8 N–H and O–H groups in total. The molecular weight excluding hydrogens is 408 g/mol. The maximum atomic E-state index is 10.3. The first-order valence-electron chi connectivity index (χ1n) is 6.88. The van der Waals surface area contributed by atoms with Crippen molar-refractivity contribution in [2.24, 2.45) is 0 Å². The van der Waals surface area contributed by atoms with Gasteiger partial charge in [-0.25, -0.2) is 4.79 Å². The summed E-state index contributed by atoms with van der Waals surface area (Å²) in [5.74, 6) is -8.35. The lowest BCUT2D eigenvalue weighted by molar-refractivity contribution is -0.170. The van der Waals surface area contributed by atoms with Gasteiger partial charge < -0.3 is 40.9 Å². The van der Waals surface area contributed by atoms with E-state index in [9.17, 15) is 14.4 Å². The number of carbonyl (C=O) groups is 7. The van der Waals surface area contributed by atoms with Crippen LogP contribution in [0, 0.1) is 0 Å². The summed E-state index contributed by atoms with van der Waals surface area (Å²) in [5.41, 5.74) is -2.74. The van der Waals surface area contributed by atoms with Crippen LogP contribution in [-0.4, -0.2) is 88.2 Å². The minimum absolute atomic E-state index is 0.833. The van der Waals surface area contributed by atoms with E-state index < -0.39 is 60.2 Å². The summed E-state index contributed by atoms with van der Waals surface area (Å²) in [4.78, 5) is 66.5. The van der Waals surface area contributed by atoms with E-state index >= 15 is 0 Å². The Morgan fingerprint density at radius 2 is 0.655 bits per heavy atom. The van der Waals surface area contributed by atoms with E-state index in [0.29, 0.717) is 0 Å². The van der Waals surface area contributed by atoms with Crippen LogP contribution in [0.1, 0.15) is 40.5 Å². The zero-order chi connectivity index (χ0) is 25.0. The fraction of sp³-hybridized carbons (Fsp3) is 0.500. The van der Waals surface area contributed by atoms with Crippen molar-refractivity contribution < 1.29 is 74.4 Å². The zero-order valence-corrected chi connectivity index (χ0v) is 15.8. The Labute approximate surface area is 163 Å². The summed E-state index contributed by atoms with van der Waals surface area (Å²) >= 11 is 0. The van der Waals surface area contributed by atoms with Crippen LogP contribution < -0.4 is 0 Å². The van der Waals surface area contributed by atoms with Gasteiger partial charge in [0.25, 0.3) is 23.9 Å². The predicted molar refractivity (Wildman–Crippen MR) is 90.3 cm³/mol. The smallest absolute Gasteiger partial charge is 0.336 e. The van der Waals surface area contributed by atoms with Crippen LogP contribution >= 0.6 is 0 Å². The Morgan fingerprint density at radius 3 is 0.724 bits per heavy atom. The maximum absolute atomic E-state index is 10.3. The molecule has 170 valence electrons. The topological polar surface area (TPSA) is 281 Å². The monoisotopic (exact) mass is 432 g/mol. The summed E-state index contributed by atoms with van der Waals surface area (Å²) in [7, 11) is 0. The highest BCUT2D eigenvalue weighted by Gasteiger charge is 2.40. The van der Waals surface area contributed by atoms with Crippen molar-refractivity contribution >= 4 is 41.8 Å². The number of aliphatic hydroxyl groups is 1. The Bertz CT molecular complexity index is 483. The Hall–Kier alpha value is -3.75. The van der Waals surface area contributed by atoms with Crippen molar-refractivity contribution in [3.8, 4) is 0 Å². The molecule has 15 nitrogen and oxygen atoms in total. The second kappa shape index (κ2) is 20.6. The largest absolute Gasteiger partial charge is 0.481 e. The summed E-state index contributed by atoms with van der Waals surface area (Å²) in [6.45, 7) is 4.33. The molecule has 0 rings (SSSR count). The Morgan fingerprint density at radius 1 is 0.517 bits per heavy atom. The van der Waals surface area contributed by atoms with Crippen LogP contribution in [0.2, 0.25) is 0 Å². The number of carboxylic acid groups (broad SMARTS) is 7. The third-order valence-corrected chi connectivity index (χ3v) is 1.29. The molecule has 0 aliphatic carbocycles. The predicted octanol–water partition coefficient (Wildman–Crippen LogP) is -0.885. The molecule has 0 saturated carbocycles. The third kappa shape index (κ3) is 80.0. The van der Waals surface area contributed by atoms with E-state index in [-0.39, 0.29) is 0 Å². The molecule has 0 aromatic carbocycles. The molecule has 15 heteroatoms. The van der Waals surface area contributed by atoms with Crippen molar-refractivity contribution in [3.63, 3.8) is 0 Å². The number of rotatable bonds is 5. The molecule has 0 atom stereocenters. The molecule has 0 saturated heterocycles. The first-order valence-corrected chi connectivity index (χ1v) is 6.88. The molecule has 0 aromatic heterocycles. The van der Waals surface area contributed by atoms with Gasteiger partial charge in [-0.1, -0.05) is 0 Å². The van der Waals surface area contributed by atoms with Crippen LogP contribution in [0.15, 0.2) is 0 Å². The molecular formula is C14H24O15. The van der Waals surface area contributed by atoms with Crippen molar-refractivity contribution in [2.75, 3.05) is 0 Å². The maximum Gasteiger partial charge on any atom is 0.336 e. The van der Waals surface area contributed by atoms with E-state index in [1.54, 1.807) is 0 Å². The highest BCUT2D eigenvalue weighted by Crippen LogP contribution is 2.15. The van der Waals surface area contributed by atoms with Gasteiger partial charge in [0.05, 0.1) is 12.8 Å². The van der Waals surface area contributed by atoms with E-state index in [1.165, 1.54) is 0 Å². The second-order valence-electron chi connectivity index (χ2n) is 4.55. The fourth-order valence-corrected chi connectivity index (χ4v) is 0.714. The summed E-state index contributed by atoms with van der Waals surface area (Å²) in [5, 5.41) is 63.5. The van der Waals surface area contributed by atoms with Crippen LogP contribution in [0.4, 0.5) is 0 Å². The fourth-order valence-electron chi connectivity index (χ4n) is 0.714. The van der Waals surface area contributed by atoms with Gasteiger partial charge in [0.1, 0.15) is 0 Å². The average Bonchev–Trinajstić information content (AvgIpc) is 2.32. The standard InChI is InChI=1S/C6H8O7.4C2H4O2/c7-3(8)1-6(13,5(11)12)2-4(9)10;4*1-2(3)4/h13H,1-2H2,(H,7,8)(H,9,10)(H,11,12);4*1H3,(H,3,4). The molecule has 0 aliphatic heterocycles. The highest BCUT2D eigenvalue weighted by atomic mass is 16.4. The van der Waals surface area contributed by atoms with Gasteiger partial charge >= 0.3 is 17.9 Å². The number of hydrogen-bond acceptors (Lipinski definition) is 8. The third-order valence-electron chi connectivity index (χ3n) is 1.29. The van der Waals surface area contributed by atoms with Gasteiger partial charge in [-0.3, -0.25) is 28.8 Å². The van der Waals surface area contributed by atoms with Gasteiger partial charge in [0.15, 0.2) is 5.60 Å². The quantitative estimate of drug-likeness (QED) is 0.261. The first kappa shape index (κ1) is 36.2. The molecule has 0 heterocycles. The average molecular weight is 432 g/mol.